The van der Waals surface area contributed by atoms with E-state index in [-0.39, 0.29) is 5.41 Å². The molecule has 1 aliphatic heterocycles. The second-order valence-corrected chi connectivity index (χ2v) is 7.20. The summed E-state index contributed by atoms with van der Waals surface area (Å²) in [6.07, 6.45) is 0.894. The molecule has 0 bridgehead atoms. The summed E-state index contributed by atoms with van der Waals surface area (Å²) >= 11 is 0. The van der Waals surface area contributed by atoms with Crippen molar-refractivity contribution >= 4 is 6.09 Å². The highest BCUT2D eigenvalue weighted by Crippen LogP contribution is 2.45. The summed E-state index contributed by atoms with van der Waals surface area (Å²) in [5, 5.41) is 11.0. The highest BCUT2D eigenvalue weighted by molar-refractivity contribution is 5.72. The molecule has 4 nitrogen and oxygen atoms in total. The van der Waals surface area contributed by atoms with Crippen LogP contribution >= 0.6 is 0 Å². The maximum atomic E-state index is 12.2. The zero-order chi connectivity index (χ0) is 16.6. The fourth-order valence-corrected chi connectivity index (χ4v) is 3.38. The summed E-state index contributed by atoms with van der Waals surface area (Å²) in [6.45, 7) is 10.2. The van der Waals surface area contributed by atoms with Gasteiger partial charge in [0.25, 0.3) is 0 Å². The van der Waals surface area contributed by atoms with Crippen molar-refractivity contribution in [2.24, 2.45) is 0 Å². The summed E-state index contributed by atoms with van der Waals surface area (Å²) in [7, 11) is 0. The minimum atomic E-state index is -1.31. The number of amides is 1. The topological polar surface area (TPSA) is 49.8 Å². The molecule has 2 unspecified atom stereocenters. The molecule has 1 amide bonds. The Hall–Kier alpha value is -1.55. The van der Waals surface area contributed by atoms with Crippen molar-refractivity contribution in [2.45, 2.75) is 64.2 Å². The lowest BCUT2D eigenvalue weighted by Gasteiger charge is -2.41. The van der Waals surface area contributed by atoms with Crippen molar-refractivity contribution in [1.29, 1.82) is 0 Å². The van der Waals surface area contributed by atoms with Crippen molar-refractivity contribution in [3.05, 3.63) is 35.9 Å². The van der Waals surface area contributed by atoms with Gasteiger partial charge < -0.3 is 9.84 Å². The van der Waals surface area contributed by atoms with Gasteiger partial charge in [-0.15, -0.1) is 0 Å². The van der Waals surface area contributed by atoms with Crippen LogP contribution in [0.4, 0.5) is 4.79 Å². The van der Waals surface area contributed by atoms with Gasteiger partial charge in [-0.05, 0) is 31.2 Å². The molecule has 0 radical (unpaired) electrons. The van der Waals surface area contributed by atoms with Crippen LogP contribution in [0.3, 0.4) is 0 Å². The van der Waals surface area contributed by atoms with Gasteiger partial charge in [-0.25, -0.2) is 4.79 Å². The minimum absolute atomic E-state index is 0.220. The monoisotopic (exact) mass is 305 g/mol. The maximum absolute atomic E-state index is 12.2. The zero-order valence-electron chi connectivity index (χ0n) is 14.2. The highest BCUT2D eigenvalue weighted by Gasteiger charge is 2.60. The van der Waals surface area contributed by atoms with Crippen LogP contribution in [0.15, 0.2) is 30.3 Å². The molecule has 1 saturated heterocycles. The number of benzene rings is 1. The average Bonchev–Trinajstić information content (AvgIpc) is 2.59. The molecule has 1 N–H and O–H groups in total. The first-order valence-corrected chi connectivity index (χ1v) is 7.92. The van der Waals surface area contributed by atoms with Crippen LogP contribution in [0.2, 0.25) is 0 Å². The molecule has 1 aromatic carbocycles. The van der Waals surface area contributed by atoms with Gasteiger partial charge in [-0.2, -0.15) is 0 Å². The third-order valence-electron chi connectivity index (χ3n) is 4.84. The number of hydrogen-bond acceptors (Lipinski definition) is 3. The third kappa shape index (κ3) is 2.72. The van der Waals surface area contributed by atoms with Gasteiger partial charge in [-0.1, -0.05) is 51.1 Å². The fourth-order valence-electron chi connectivity index (χ4n) is 3.38. The van der Waals surface area contributed by atoms with Crippen LogP contribution in [0.25, 0.3) is 0 Å². The lowest BCUT2D eigenvalue weighted by atomic mass is 9.72. The first-order chi connectivity index (χ1) is 10.1. The van der Waals surface area contributed by atoms with E-state index >= 15 is 0 Å². The summed E-state index contributed by atoms with van der Waals surface area (Å²) in [5.41, 5.74) is -1.32. The van der Waals surface area contributed by atoms with Crippen molar-refractivity contribution < 1.29 is 14.6 Å². The number of hydrogen-bond donors (Lipinski definition) is 1. The molecule has 2 atom stereocenters. The number of nitrogens with zero attached hydrogens (tertiary/aromatic N) is 1. The van der Waals surface area contributed by atoms with E-state index in [9.17, 15) is 9.90 Å². The molecule has 0 spiro atoms. The molecule has 1 fully saturated rings. The molecule has 2 rings (SSSR count). The number of carbonyl (C=O) groups is 1. The van der Waals surface area contributed by atoms with E-state index in [1.807, 2.05) is 32.0 Å². The van der Waals surface area contributed by atoms with Gasteiger partial charge in [0, 0.05) is 13.0 Å². The SMILES string of the molecule is CCCN1C(=O)OC(C)(CC(C)(C)c2ccccc2)C1(C)O. The summed E-state index contributed by atoms with van der Waals surface area (Å²) in [6, 6.07) is 10.1. The molecule has 1 aromatic rings. The van der Waals surface area contributed by atoms with Crippen LogP contribution in [0, 0.1) is 0 Å². The first kappa shape index (κ1) is 16.8. The van der Waals surface area contributed by atoms with Gasteiger partial charge in [0.2, 0.25) is 0 Å². The molecule has 22 heavy (non-hydrogen) atoms. The number of cyclic esters (lactones) is 1. The minimum Gasteiger partial charge on any atom is -0.438 e. The second kappa shape index (κ2) is 5.58. The highest BCUT2D eigenvalue weighted by atomic mass is 16.6. The Balaban J connectivity index is 2.30. The molecule has 0 saturated carbocycles. The average molecular weight is 305 g/mol. The molecular formula is C18H27NO3. The Bertz CT molecular complexity index is 539. The lowest BCUT2D eigenvalue weighted by molar-refractivity contribution is -0.145. The van der Waals surface area contributed by atoms with E-state index in [1.165, 1.54) is 4.90 Å². The third-order valence-corrected chi connectivity index (χ3v) is 4.84. The standard InChI is InChI=1S/C18H27NO3/c1-6-12-19-15(20)22-17(4,18(19,5)21)13-16(2,3)14-10-8-7-9-11-14/h7-11,21H,6,12-13H2,1-5H3. The molecule has 0 aliphatic carbocycles. The van der Waals surface area contributed by atoms with Crippen molar-refractivity contribution in [1.82, 2.24) is 4.90 Å². The normalized spacial score (nSPS) is 28.8. The van der Waals surface area contributed by atoms with Crippen LogP contribution in [-0.2, 0) is 10.2 Å². The lowest BCUT2D eigenvalue weighted by Crippen LogP contribution is -2.56. The van der Waals surface area contributed by atoms with Crippen LogP contribution in [0.5, 0.6) is 0 Å². The van der Waals surface area contributed by atoms with E-state index in [0.717, 1.165) is 12.0 Å². The van der Waals surface area contributed by atoms with E-state index in [1.54, 1.807) is 6.92 Å². The Labute approximate surface area is 133 Å². The summed E-state index contributed by atoms with van der Waals surface area (Å²) in [4.78, 5) is 13.6. The largest absolute Gasteiger partial charge is 0.438 e. The Morgan fingerprint density at radius 2 is 1.82 bits per heavy atom. The molecule has 1 heterocycles. The molecule has 4 heteroatoms. The first-order valence-electron chi connectivity index (χ1n) is 7.92. The van der Waals surface area contributed by atoms with Crippen LogP contribution in [-0.4, -0.2) is 34.0 Å². The van der Waals surface area contributed by atoms with Gasteiger partial charge in [-0.3, -0.25) is 4.90 Å². The molecule has 0 aromatic heterocycles. The fraction of sp³-hybridized carbons (Fsp3) is 0.611. The Morgan fingerprint density at radius 3 is 2.36 bits per heavy atom. The van der Waals surface area contributed by atoms with E-state index in [4.69, 9.17) is 4.74 Å². The Morgan fingerprint density at radius 1 is 1.23 bits per heavy atom. The summed E-state index contributed by atoms with van der Waals surface area (Å²) in [5.74, 6) is 0. The number of ether oxygens (including phenoxy) is 1. The smallest absolute Gasteiger partial charge is 0.412 e. The molecular weight excluding hydrogens is 278 g/mol. The zero-order valence-corrected chi connectivity index (χ0v) is 14.2. The van der Waals surface area contributed by atoms with E-state index in [0.29, 0.717) is 13.0 Å². The second-order valence-electron chi connectivity index (χ2n) is 7.20. The van der Waals surface area contributed by atoms with E-state index < -0.39 is 17.4 Å². The van der Waals surface area contributed by atoms with Crippen molar-refractivity contribution in [2.75, 3.05) is 6.54 Å². The van der Waals surface area contributed by atoms with Crippen LogP contribution in [0.1, 0.15) is 53.0 Å². The maximum Gasteiger partial charge on any atom is 0.412 e. The van der Waals surface area contributed by atoms with Gasteiger partial charge in [0.1, 0.15) is 0 Å². The number of rotatable bonds is 5. The van der Waals surface area contributed by atoms with Gasteiger partial charge in [0.15, 0.2) is 11.3 Å². The predicted octanol–water partition coefficient (Wildman–Crippen LogP) is 3.68. The quantitative estimate of drug-likeness (QED) is 0.902. The number of aliphatic hydroxyl groups is 1. The predicted molar refractivity (Wildman–Crippen MR) is 86.6 cm³/mol. The molecule has 1 aliphatic rings. The van der Waals surface area contributed by atoms with Crippen molar-refractivity contribution in [3.8, 4) is 0 Å². The van der Waals surface area contributed by atoms with Crippen molar-refractivity contribution in [3.63, 3.8) is 0 Å². The van der Waals surface area contributed by atoms with E-state index in [2.05, 4.69) is 26.0 Å². The Kier molecular flexibility index (Phi) is 4.26. The number of carbonyl (C=O) groups excluding carboxylic acids is 1. The van der Waals surface area contributed by atoms with Crippen LogP contribution < -0.4 is 0 Å². The van der Waals surface area contributed by atoms with Gasteiger partial charge >= 0.3 is 6.09 Å². The van der Waals surface area contributed by atoms with Gasteiger partial charge in [0.05, 0.1) is 0 Å². The molecule has 122 valence electrons. The summed E-state index contributed by atoms with van der Waals surface area (Å²) < 4.78 is 5.62.